The van der Waals surface area contributed by atoms with Crippen LogP contribution >= 0.6 is 0 Å². The molecule has 0 saturated heterocycles. The van der Waals surface area contributed by atoms with Gasteiger partial charge in [-0.25, -0.2) is 0 Å². The third-order valence-corrected chi connectivity index (χ3v) is 0.681. The molecule has 0 bridgehead atoms. The van der Waals surface area contributed by atoms with Crippen molar-refractivity contribution in [2.45, 2.75) is 12.8 Å². The summed E-state index contributed by atoms with van der Waals surface area (Å²) in [7, 11) is 0. The van der Waals surface area contributed by atoms with Crippen LogP contribution in [-0.4, -0.2) is 52.3 Å². The van der Waals surface area contributed by atoms with Gasteiger partial charge in [0.25, 0.3) is 0 Å². The molecule has 0 rings (SSSR count). The Labute approximate surface area is 76.4 Å². The molecule has 0 aromatic rings. The summed E-state index contributed by atoms with van der Waals surface area (Å²) in [5.41, 5.74) is 0. The van der Waals surface area contributed by atoms with Crippen molar-refractivity contribution in [1.29, 1.82) is 0 Å². The molecule has 1 radical (unpaired) electrons. The minimum atomic E-state index is -0.918. The van der Waals surface area contributed by atoms with Crippen LogP contribution in [0.5, 0.6) is 0 Å². The molecule has 4 heteroatoms. The van der Waals surface area contributed by atoms with Gasteiger partial charge in [0.2, 0.25) is 0 Å². The van der Waals surface area contributed by atoms with Gasteiger partial charge in [-0.05, 0) is 12.8 Å². The van der Waals surface area contributed by atoms with Gasteiger partial charge in [0.05, 0.1) is 6.42 Å². The van der Waals surface area contributed by atoms with E-state index in [1.807, 2.05) is 0 Å². The maximum atomic E-state index is 9.74. The molecule has 0 amide bonds. The monoisotopic (exact) mass is 141 g/mol. The van der Waals surface area contributed by atoms with E-state index in [4.69, 9.17) is 10.2 Å². The second kappa shape index (κ2) is 8.43. The second-order valence-corrected chi connectivity index (χ2v) is 1.41. The van der Waals surface area contributed by atoms with E-state index in [0.717, 1.165) is 6.42 Å². The molecule has 0 saturated carbocycles. The fourth-order valence-electron chi connectivity index (χ4n) is 0.317. The fourth-order valence-corrected chi connectivity index (χ4v) is 0.317. The molecule has 0 aromatic heterocycles. The quantitative estimate of drug-likeness (QED) is 0.406. The van der Waals surface area contributed by atoms with Gasteiger partial charge in [0, 0.05) is 6.61 Å². The molecule has 0 aliphatic heterocycles. The summed E-state index contributed by atoms with van der Waals surface area (Å²) in [5, 5.41) is 16.2. The predicted octanol–water partition coefficient (Wildman–Crippen LogP) is -0.601. The normalized spacial score (nSPS) is 8.11. The van der Waals surface area contributed by atoms with Crippen molar-refractivity contribution in [1.82, 2.24) is 0 Å². The van der Waals surface area contributed by atoms with Crippen LogP contribution in [0.3, 0.4) is 0 Å². The number of carbonyl (C=O) groups is 1. The number of carboxylic acids is 1. The Balaban J connectivity index is 0. The van der Waals surface area contributed by atoms with Gasteiger partial charge in [-0.15, -0.1) is 0 Å². The van der Waals surface area contributed by atoms with Crippen molar-refractivity contribution in [3.63, 3.8) is 0 Å². The Morgan fingerprint density at radius 1 is 1.56 bits per heavy atom. The zero-order valence-corrected chi connectivity index (χ0v) is 4.50. The van der Waals surface area contributed by atoms with Crippen LogP contribution in [-0.2, 0) is 4.79 Å². The first-order valence-corrected chi connectivity index (χ1v) is 2.44. The van der Waals surface area contributed by atoms with Crippen LogP contribution < -0.4 is 0 Å². The van der Waals surface area contributed by atoms with Gasteiger partial charge in [0.15, 0.2) is 0 Å². The summed E-state index contributed by atoms with van der Waals surface area (Å²) in [4.78, 5) is 9.74. The summed E-state index contributed by atoms with van der Waals surface area (Å²) < 4.78 is 0. The van der Waals surface area contributed by atoms with Crippen LogP contribution in [0.1, 0.15) is 12.8 Å². The van der Waals surface area contributed by atoms with Gasteiger partial charge in [0.1, 0.15) is 0 Å². The van der Waals surface area contributed by atoms with Crippen molar-refractivity contribution in [2.24, 2.45) is 0 Å². The Hall–Kier alpha value is 0.430. The molecule has 0 spiro atoms. The number of aliphatic carboxylic acids is 1. The summed E-state index contributed by atoms with van der Waals surface area (Å²) in [6, 6.07) is 0. The number of hydrogen-bond acceptors (Lipinski definition) is 2. The van der Waals surface area contributed by atoms with E-state index in [0.29, 0.717) is 12.8 Å². The van der Waals surface area contributed by atoms with Crippen molar-refractivity contribution in [2.75, 3.05) is 6.61 Å². The molecule has 0 unspecified atom stereocenters. The van der Waals surface area contributed by atoms with Crippen LogP contribution in [0.15, 0.2) is 0 Å². The van der Waals surface area contributed by atoms with E-state index < -0.39 is 5.97 Å². The summed E-state index contributed by atoms with van der Waals surface area (Å²) in [5.74, 6) is -0.918. The zero-order valence-electron chi connectivity index (χ0n) is 4.50. The molecule has 0 aromatic carbocycles. The number of hydrogen-bond donors (Lipinski definition) is 2. The Morgan fingerprint density at radius 2 is 2.11 bits per heavy atom. The van der Waals surface area contributed by atoms with Gasteiger partial charge in [-0.1, -0.05) is 0 Å². The van der Waals surface area contributed by atoms with E-state index in [2.05, 4.69) is 0 Å². The fraction of sp³-hybridized carbons (Fsp3) is 0.600. The number of aliphatic hydroxyl groups excluding tert-OH is 1. The standard InChI is InChI=1S/C5H9O3.Na.H/c6-4-2-1-3-5(7)8;;/h3,6H,1-2,4H2,(H,7,8);;. The van der Waals surface area contributed by atoms with Crippen LogP contribution in [0.4, 0.5) is 0 Å². The summed E-state index contributed by atoms with van der Waals surface area (Å²) in [6.07, 6.45) is 2.12. The molecule has 2 N–H and O–H groups in total. The van der Waals surface area contributed by atoms with Crippen LogP contribution in [0.25, 0.3) is 0 Å². The molecular formula is C5H10NaO3. The first-order valence-electron chi connectivity index (χ1n) is 2.44. The van der Waals surface area contributed by atoms with Gasteiger partial charge < -0.3 is 10.2 Å². The third kappa shape index (κ3) is 11.8. The SMILES string of the molecule is O=C(O)[CH]CCCO.[NaH]. The Bertz CT molecular complexity index is 74.6. The van der Waals surface area contributed by atoms with Crippen molar-refractivity contribution in [3.8, 4) is 0 Å². The number of aliphatic hydroxyl groups is 1. The van der Waals surface area contributed by atoms with Gasteiger partial charge in [-0.2, -0.15) is 0 Å². The van der Waals surface area contributed by atoms with E-state index in [1.165, 1.54) is 0 Å². The maximum absolute atomic E-state index is 9.74. The molecular weight excluding hydrogens is 131 g/mol. The van der Waals surface area contributed by atoms with Crippen molar-refractivity contribution < 1.29 is 15.0 Å². The Morgan fingerprint density at radius 3 is 2.44 bits per heavy atom. The van der Waals surface area contributed by atoms with E-state index in [1.54, 1.807) is 0 Å². The molecule has 0 aliphatic rings. The number of rotatable bonds is 4. The number of unbranched alkanes of at least 4 members (excludes halogenated alkanes) is 1. The van der Waals surface area contributed by atoms with Crippen molar-refractivity contribution >= 4 is 35.5 Å². The van der Waals surface area contributed by atoms with Gasteiger partial charge >= 0.3 is 35.5 Å². The van der Waals surface area contributed by atoms with E-state index in [-0.39, 0.29) is 36.2 Å². The topological polar surface area (TPSA) is 57.5 Å². The summed E-state index contributed by atoms with van der Waals surface area (Å²) >= 11 is 0. The molecule has 9 heavy (non-hydrogen) atoms. The number of carboxylic acid groups (broad SMARTS) is 1. The molecule has 0 atom stereocenters. The minimum absolute atomic E-state index is 0. The van der Waals surface area contributed by atoms with Crippen molar-refractivity contribution in [3.05, 3.63) is 6.42 Å². The molecule has 0 heterocycles. The molecule has 49 valence electrons. The van der Waals surface area contributed by atoms with E-state index >= 15 is 0 Å². The van der Waals surface area contributed by atoms with Crippen LogP contribution in [0, 0.1) is 6.42 Å². The van der Waals surface area contributed by atoms with Crippen LogP contribution in [0.2, 0.25) is 0 Å². The average Bonchev–Trinajstić information content (AvgIpc) is 1.66. The zero-order chi connectivity index (χ0) is 6.41. The Kier molecular flexibility index (Phi) is 11.4. The van der Waals surface area contributed by atoms with E-state index in [9.17, 15) is 4.79 Å². The first kappa shape index (κ1) is 12.1. The molecule has 0 aliphatic carbocycles. The summed E-state index contributed by atoms with van der Waals surface area (Å²) in [6.45, 7) is 0.0593. The first-order chi connectivity index (χ1) is 3.77. The average molecular weight is 141 g/mol. The third-order valence-electron chi connectivity index (χ3n) is 0.681. The molecule has 0 fully saturated rings. The molecule has 3 nitrogen and oxygen atoms in total. The predicted molar refractivity (Wildman–Crippen MR) is 35.4 cm³/mol. The second-order valence-electron chi connectivity index (χ2n) is 1.41. The van der Waals surface area contributed by atoms with Gasteiger partial charge in [-0.3, -0.25) is 4.79 Å².